The Balaban J connectivity index is 1.86. The molecule has 82 valence electrons. The monoisotopic (exact) mass is 209 g/mol. The zero-order valence-corrected chi connectivity index (χ0v) is 8.77. The minimum absolute atomic E-state index is 0.450. The third kappa shape index (κ3) is 2.79. The fourth-order valence-electron chi connectivity index (χ4n) is 1.60. The van der Waals surface area contributed by atoms with Crippen LogP contribution in [0.2, 0.25) is 0 Å². The van der Waals surface area contributed by atoms with Crippen LogP contribution in [0, 0.1) is 0 Å². The van der Waals surface area contributed by atoms with Crippen molar-refractivity contribution in [3.63, 3.8) is 0 Å². The topological polar surface area (TPSA) is 56.3 Å². The average molecular weight is 209 g/mol. The van der Waals surface area contributed by atoms with Crippen molar-refractivity contribution in [3.8, 4) is 11.8 Å². The van der Waals surface area contributed by atoms with Crippen molar-refractivity contribution in [1.29, 1.82) is 0 Å². The molecule has 5 nitrogen and oxygen atoms in total. The van der Waals surface area contributed by atoms with Crippen LogP contribution in [0.1, 0.15) is 12.8 Å². The number of rotatable bonds is 4. The van der Waals surface area contributed by atoms with Gasteiger partial charge in [0.2, 0.25) is 11.8 Å². The summed E-state index contributed by atoms with van der Waals surface area (Å²) in [6, 6.07) is 2.14. The summed E-state index contributed by atoms with van der Waals surface area (Å²) in [6.07, 6.45) is 3.83. The van der Waals surface area contributed by atoms with E-state index in [2.05, 4.69) is 15.3 Å². The van der Waals surface area contributed by atoms with Crippen molar-refractivity contribution in [2.75, 3.05) is 20.3 Å². The Labute approximate surface area is 88.8 Å². The summed E-state index contributed by atoms with van der Waals surface area (Å²) >= 11 is 0. The molecule has 2 heterocycles. The molecule has 0 amide bonds. The quantitative estimate of drug-likeness (QED) is 0.787. The second kappa shape index (κ2) is 4.93. The van der Waals surface area contributed by atoms with Gasteiger partial charge in [0, 0.05) is 6.04 Å². The lowest BCUT2D eigenvalue weighted by molar-refractivity contribution is 0.264. The van der Waals surface area contributed by atoms with Gasteiger partial charge in [-0.15, -0.1) is 0 Å². The van der Waals surface area contributed by atoms with Gasteiger partial charge in [-0.05, 0) is 19.4 Å². The Kier molecular flexibility index (Phi) is 3.34. The molecule has 1 atom stereocenters. The Bertz CT molecular complexity index is 313. The maximum atomic E-state index is 5.54. The molecule has 0 aliphatic carbocycles. The van der Waals surface area contributed by atoms with Crippen molar-refractivity contribution in [2.45, 2.75) is 18.9 Å². The maximum absolute atomic E-state index is 5.54. The van der Waals surface area contributed by atoms with Crippen LogP contribution in [0.15, 0.2) is 12.4 Å². The molecule has 1 aromatic heterocycles. The summed E-state index contributed by atoms with van der Waals surface area (Å²) in [4.78, 5) is 7.92. The SMILES string of the molecule is COc1cc(OCC2CCCN2)ncn1. The smallest absolute Gasteiger partial charge is 0.220 e. The van der Waals surface area contributed by atoms with Crippen molar-refractivity contribution >= 4 is 0 Å². The van der Waals surface area contributed by atoms with Crippen LogP contribution in [-0.4, -0.2) is 36.3 Å². The van der Waals surface area contributed by atoms with E-state index in [1.54, 1.807) is 13.2 Å². The van der Waals surface area contributed by atoms with E-state index in [-0.39, 0.29) is 0 Å². The van der Waals surface area contributed by atoms with Crippen LogP contribution in [0.25, 0.3) is 0 Å². The lowest BCUT2D eigenvalue weighted by Crippen LogP contribution is -2.28. The number of methoxy groups -OCH3 is 1. The molecule has 1 aliphatic heterocycles. The predicted octanol–water partition coefficient (Wildman–Crippen LogP) is 0.616. The highest BCUT2D eigenvalue weighted by Crippen LogP contribution is 2.13. The zero-order chi connectivity index (χ0) is 10.5. The predicted molar refractivity (Wildman–Crippen MR) is 55.1 cm³/mol. The largest absolute Gasteiger partial charge is 0.481 e. The standard InChI is InChI=1S/C10H15N3O2/c1-14-9-5-10(13-7-12-9)15-6-8-3-2-4-11-8/h5,7-8,11H,2-4,6H2,1H3. The minimum atomic E-state index is 0.450. The summed E-state index contributed by atoms with van der Waals surface area (Å²) in [5, 5.41) is 3.36. The Morgan fingerprint density at radius 2 is 2.33 bits per heavy atom. The first kappa shape index (κ1) is 10.2. The van der Waals surface area contributed by atoms with Crippen LogP contribution >= 0.6 is 0 Å². The number of hydrogen-bond donors (Lipinski definition) is 1. The number of aromatic nitrogens is 2. The third-order valence-corrected chi connectivity index (χ3v) is 2.42. The van der Waals surface area contributed by atoms with Gasteiger partial charge in [0.05, 0.1) is 13.2 Å². The van der Waals surface area contributed by atoms with Gasteiger partial charge in [0.1, 0.15) is 12.9 Å². The number of ether oxygens (including phenoxy) is 2. The molecule has 1 aliphatic rings. The van der Waals surface area contributed by atoms with Crippen LogP contribution in [-0.2, 0) is 0 Å². The molecule has 0 saturated carbocycles. The first-order valence-corrected chi connectivity index (χ1v) is 5.10. The Hall–Kier alpha value is -1.36. The molecule has 0 aromatic carbocycles. The highest BCUT2D eigenvalue weighted by molar-refractivity contribution is 5.17. The van der Waals surface area contributed by atoms with Gasteiger partial charge in [-0.2, -0.15) is 0 Å². The van der Waals surface area contributed by atoms with Crippen molar-refractivity contribution in [2.24, 2.45) is 0 Å². The van der Waals surface area contributed by atoms with E-state index in [0.717, 1.165) is 6.54 Å². The molecule has 1 unspecified atom stereocenters. The zero-order valence-electron chi connectivity index (χ0n) is 8.77. The lowest BCUT2D eigenvalue weighted by Gasteiger charge is -2.11. The Morgan fingerprint density at radius 3 is 3.07 bits per heavy atom. The normalized spacial score (nSPS) is 20.2. The summed E-state index contributed by atoms with van der Waals surface area (Å²) in [5.74, 6) is 1.09. The number of nitrogens with zero attached hydrogens (tertiary/aromatic N) is 2. The summed E-state index contributed by atoms with van der Waals surface area (Å²) in [5.41, 5.74) is 0. The van der Waals surface area contributed by atoms with Gasteiger partial charge >= 0.3 is 0 Å². The molecule has 0 bridgehead atoms. The van der Waals surface area contributed by atoms with Gasteiger partial charge in [0.25, 0.3) is 0 Å². The maximum Gasteiger partial charge on any atom is 0.220 e. The van der Waals surface area contributed by atoms with Crippen LogP contribution in [0.3, 0.4) is 0 Å². The first-order valence-electron chi connectivity index (χ1n) is 5.10. The molecule has 2 rings (SSSR count). The van der Waals surface area contributed by atoms with Crippen molar-refractivity contribution in [3.05, 3.63) is 12.4 Å². The van der Waals surface area contributed by atoms with Crippen LogP contribution in [0.4, 0.5) is 0 Å². The van der Waals surface area contributed by atoms with Gasteiger partial charge in [0.15, 0.2) is 0 Å². The van der Waals surface area contributed by atoms with Crippen molar-refractivity contribution in [1.82, 2.24) is 15.3 Å². The summed E-state index contributed by atoms with van der Waals surface area (Å²) < 4.78 is 10.5. The molecular formula is C10H15N3O2. The van der Waals surface area contributed by atoms with Gasteiger partial charge in [-0.25, -0.2) is 9.97 Å². The molecule has 0 radical (unpaired) electrons. The Morgan fingerprint density at radius 1 is 1.47 bits per heavy atom. The van der Waals surface area contributed by atoms with E-state index in [9.17, 15) is 0 Å². The summed E-state index contributed by atoms with van der Waals surface area (Å²) in [6.45, 7) is 1.74. The van der Waals surface area contributed by atoms with Crippen LogP contribution < -0.4 is 14.8 Å². The minimum Gasteiger partial charge on any atom is -0.481 e. The van der Waals surface area contributed by atoms with E-state index in [1.807, 2.05) is 0 Å². The van der Waals surface area contributed by atoms with E-state index >= 15 is 0 Å². The fourth-order valence-corrected chi connectivity index (χ4v) is 1.60. The van der Waals surface area contributed by atoms with Crippen LogP contribution in [0.5, 0.6) is 11.8 Å². The molecule has 15 heavy (non-hydrogen) atoms. The molecular weight excluding hydrogens is 194 g/mol. The van der Waals surface area contributed by atoms with E-state index in [4.69, 9.17) is 9.47 Å². The van der Waals surface area contributed by atoms with Crippen molar-refractivity contribution < 1.29 is 9.47 Å². The van der Waals surface area contributed by atoms with E-state index in [0.29, 0.717) is 24.4 Å². The molecule has 0 spiro atoms. The molecule has 5 heteroatoms. The van der Waals surface area contributed by atoms with Gasteiger partial charge in [-0.3, -0.25) is 0 Å². The third-order valence-electron chi connectivity index (χ3n) is 2.42. The fraction of sp³-hybridized carbons (Fsp3) is 0.600. The lowest BCUT2D eigenvalue weighted by atomic mass is 10.2. The van der Waals surface area contributed by atoms with E-state index in [1.165, 1.54) is 19.2 Å². The second-order valence-corrected chi connectivity index (χ2v) is 3.50. The van der Waals surface area contributed by atoms with Gasteiger partial charge in [-0.1, -0.05) is 0 Å². The first-order chi connectivity index (χ1) is 7.38. The number of hydrogen-bond acceptors (Lipinski definition) is 5. The summed E-state index contributed by atoms with van der Waals surface area (Å²) in [7, 11) is 1.57. The van der Waals surface area contributed by atoms with E-state index < -0.39 is 0 Å². The second-order valence-electron chi connectivity index (χ2n) is 3.50. The highest BCUT2D eigenvalue weighted by Gasteiger charge is 2.14. The molecule has 1 N–H and O–H groups in total. The number of nitrogens with one attached hydrogen (secondary N) is 1. The molecule has 1 aromatic rings. The highest BCUT2D eigenvalue weighted by atomic mass is 16.5. The average Bonchev–Trinajstić information content (AvgIpc) is 2.79. The molecule has 1 fully saturated rings. The van der Waals surface area contributed by atoms with Gasteiger partial charge < -0.3 is 14.8 Å². The molecule has 1 saturated heterocycles.